The largest absolute Gasteiger partial charge is 0.497 e. The van der Waals surface area contributed by atoms with Crippen molar-refractivity contribution < 1.29 is 23.8 Å². The molecule has 31 heavy (non-hydrogen) atoms. The van der Waals surface area contributed by atoms with Crippen molar-refractivity contribution in [1.82, 2.24) is 9.80 Å². The van der Waals surface area contributed by atoms with Crippen LogP contribution in [-0.4, -0.2) is 80.3 Å². The van der Waals surface area contributed by atoms with Gasteiger partial charge in [-0.05, 0) is 48.6 Å². The fourth-order valence-electron chi connectivity index (χ4n) is 4.01. The van der Waals surface area contributed by atoms with Crippen LogP contribution in [0.2, 0.25) is 0 Å². The van der Waals surface area contributed by atoms with Crippen LogP contribution in [0.4, 0.5) is 0 Å². The molecule has 1 aromatic heterocycles. The average molecular weight is 445 g/mol. The minimum Gasteiger partial charge on any atom is -0.497 e. The Balaban J connectivity index is 1.45. The number of rotatable bonds is 7. The highest BCUT2D eigenvalue weighted by atomic mass is 32.1. The molecule has 0 bridgehead atoms. The third kappa shape index (κ3) is 5.44. The topological polar surface area (TPSA) is 68.3 Å². The van der Waals surface area contributed by atoms with Gasteiger partial charge in [-0.1, -0.05) is 6.07 Å². The van der Waals surface area contributed by atoms with Gasteiger partial charge in [0.15, 0.2) is 0 Å². The van der Waals surface area contributed by atoms with Gasteiger partial charge in [0.25, 0.3) is 11.8 Å². The first kappa shape index (κ1) is 21.8. The van der Waals surface area contributed by atoms with E-state index in [9.17, 15) is 9.59 Å². The summed E-state index contributed by atoms with van der Waals surface area (Å²) in [5.41, 5.74) is 0.598. The molecule has 0 N–H and O–H groups in total. The summed E-state index contributed by atoms with van der Waals surface area (Å²) >= 11 is 1.44. The third-order valence-corrected chi connectivity index (χ3v) is 6.51. The van der Waals surface area contributed by atoms with Crippen LogP contribution in [0.3, 0.4) is 0 Å². The third-order valence-electron chi connectivity index (χ3n) is 5.65. The maximum atomic E-state index is 13.3. The number of hydrogen-bond donors (Lipinski definition) is 0. The second kappa shape index (κ2) is 10.3. The Hall–Kier alpha value is -2.42. The zero-order valence-electron chi connectivity index (χ0n) is 17.7. The molecule has 2 aliphatic heterocycles. The smallest absolute Gasteiger partial charge is 0.264 e. The maximum absolute atomic E-state index is 13.3. The van der Waals surface area contributed by atoms with Crippen LogP contribution in [-0.2, 0) is 9.47 Å². The lowest BCUT2D eigenvalue weighted by molar-refractivity contribution is -0.0374. The fourth-order valence-corrected chi connectivity index (χ4v) is 4.70. The van der Waals surface area contributed by atoms with Crippen molar-refractivity contribution in [3.05, 3.63) is 52.2 Å². The lowest BCUT2D eigenvalue weighted by atomic mass is 10.1. The summed E-state index contributed by atoms with van der Waals surface area (Å²) in [4.78, 5) is 30.4. The SMILES string of the molecule is COc1ccc(C(=O)N(CC2CCCO2)CC2CN(C(=O)c3cccs3)CCO2)cc1. The quantitative estimate of drug-likeness (QED) is 0.657. The molecule has 0 saturated carbocycles. The molecule has 2 aromatic rings. The van der Waals surface area contributed by atoms with Gasteiger partial charge in [0.05, 0.1) is 30.8 Å². The number of thiophene rings is 1. The first-order valence-electron chi connectivity index (χ1n) is 10.6. The van der Waals surface area contributed by atoms with Gasteiger partial charge in [-0.3, -0.25) is 9.59 Å². The minimum absolute atomic E-state index is 0.0236. The molecule has 4 rings (SSSR count). The Morgan fingerprint density at radius 3 is 2.58 bits per heavy atom. The number of methoxy groups -OCH3 is 1. The number of carbonyl (C=O) groups excluding carboxylic acids is 2. The van der Waals surface area contributed by atoms with E-state index in [-0.39, 0.29) is 24.0 Å². The first-order valence-corrected chi connectivity index (χ1v) is 11.5. The molecule has 2 amide bonds. The lowest BCUT2D eigenvalue weighted by Gasteiger charge is -2.36. The van der Waals surface area contributed by atoms with Crippen molar-refractivity contribution in [3.63, 3.8) is 0 Å². The van der Waals surface area contributed by atoms with Gasteiger partial charge in [-0.25, -0.2) is 0 Å². The summed E-state index contributed by atoms with van der Waals surface area (Å²) in [6.45, 7) is 3.16. The van der Waals surface area contributed by atoms with Gasteiger partial charge in [-0.2, -0.15) is 0 Å². The van der Waals surface area contributed by atoms with E-state index in [0.717, 1.165) is 24.3 Å². The van der Waals surface area contributed by atoms with E-state index < -0.39 is 0 Å². The van der Waals surface area contributed by atoms with E-state index in [1.54, 1.807) is 31.4 Å². The zero-order chi connectivity index (χ0) is 21.6. The second-order valence-corrected chi connectivity index (χ2v) is 8.74. The fraction of sp³-hybridized carbons (Fsp3) is 0.478. The van der Waals surface area contributed by atoms with Crippen LogP contribution in [0.25, 0.3) is 0 Å². The lowest BCUT2D eigenvalue weighted by Crippen LogP contribution is -2.51. The Kier molecular flexibility index (Phi) is 7.21. The van der Waals surface area contributed by atoms with E-state index in [2.05, 4.69) is 0 Å². The number of carbonyl (C=O) groups is 2. The second-order valence-electron chi connectivity index (χ2n) is 7.79. The van der Waals surface area contributed by atoms with Crippen molar-refractivity contribution >= 4 is 23.2 Å². The van der Waals surface area contributed by atoms with Gasteiger partial charge < -0.3 is 24.0 Å². The van der Waals surface area contributed by atoms with Gasteiger partial charge in [0, 0.05) is 38.3 Å². The maximum Gasteiger partial charge on any atom is 0.264 e. The van der Waals surface area contributed by atoms with E-state index >= 15 is 0 Å². The van der Waals surface area contributed by atoms with Gasteiger partial charge >= 0.3 is 0 Å². The summed E-state index contributed by atoms with van der Waals surface area (Å²) in [5, 5.41) is 1.90. The zero-order valence-corrected chi connectivity index (χ0v) is 18.5. The molecule has 0 spiro atoms. The van der Waals surface area contributed by atoms with Crippen LogP contribution in [0.1, 0.15) is 32.9 Å². The van der Waals surface area contributed by atoms with E-state index in [0.29, 0.717) is 44.1 Å². The first-order chi connectivity index (χ1) is 15.1. The van der Waals surface area contributed by atoms with Crippen molar-refractivity contribution in [1.29, 1.82) is 0 Å². The van der Waals surface area contributed by atoms with E-state index in [1.165, 1.54) is 11.3 Å². The van der Waals surface area contributed by atoms with Crippen molar-refractivity contribution in [2.45, 2.75) is 25.0 Å². The monoisotopic (exact) mass is 444 g/mol. The number of benzene rings is 1. The highest BCUT2D eigenvalue weighted by molar-refractivity contribution is 7.12. The Morgan fingerprint density at radius 1 is 1.13 bits per heavy atom. The normalized spacial score (nSPS) is 21.1. The predicted molar refractivity (Wildman–Crippen MR) is 118 cm³/mol. The summed E-state index contributed by atoms with van der Waals surface area (Å²) in [7, 11) is 1.60. The van der Waals surface area contributed by atoms with Gasteiger partial charge in [-0.15, -0.1) is 11.3 Å². The highest BCUT2D eigenvalue weighted by Gasteiger charge is 2.30. The standard InChI is InChI=1S/C23H28N2O5S/c1-28-18-8-6-17(7-9-18)22(26)25(14-19-4-2-11-29-19)16-20-15-24(10-12-30-20)23(27)21-5-3-13-31-21/h3,5-9,13,19-20H,2,4,10-12,14-16H2,1H3. The van der Waals surface area contributed by atoms with Gasteiger partial charge in [0.1, 0.15) is 5.75 Å². The minimum atomic E-state index is -0.235. The molecular formula is C23H28N2O5S. The molecular weight excluding hydrogens is 416 g/mol. The highest BCUT2D eigenvalue weighted by Crippen LogP contribution is 2.20. The summed E-state index contributed by atoms with van der Waals surface area (Å²) in [6, 6.07) is 10.9. The molecule has 2 saturated heterocycles. The van der Waals surface area contributed by atoms with Crippen LogP contribution >= 0.6 is 11.3 Å². The summed E-state index contributed by atoms with van der Waals surface area (Å²) < 4.78 is 16.9. The van der Waals surface area contributed by atoms with Crippen molar-refractivity contribution in [2.75, 3.05) is 46.5 Å². The number of hydrogen-bond acceptors (Lipinski definition) is 6. The number of amides is 2. The van der Waals surface area contributed by atoms with Crippen LogP contribution in [0.5, 0.6) is 5.75 Å². The van der Waals surface area contributed by atoms with E-state index in [1.807, 2.05) is 27.3 Å². The Labute approximate surface area is 186 Å². The Bertz CT molecular complexity index is 865. The summed E-state index contributed by atoms with van der Waals surface area (Å²) in [6.07, 6.45) is 1.76. The van der Waals surface area contributed by atoms with Crippen LogP contribution < -0.4 is 4.74 Å². The van der Waals surface area contributed by atoms with Crippen LogP contribution in [0, 0.1) is 0 Å². The van der Waals surface area contributed by atoms with Crippen molar-refractivity contribution in [3.8, 4) is 5.75 Å². The Morgan fingerprint density at radius 2 is 1.90 bits per heavy atom. The number of nitrogens with zero attached hydrogens (tertiary/aromatic N) is 2. The predicted octanol–water partition coefficient (Wildman–Crippen LogP) is 2.92. The molecule has 7 nitrogen and oxygen atoms in total. The average Bonchev–Trinajstić information content (AvgIpc) is 3.52. The van der Waals surface area contributed by atoms with Gasteiger partial charge in [0.2, 0.25) is 0 Å². The summed E-state index contributed by atoms with van der Waals surface area (Å²) in [5.74, 6) is 0.666. The number of morpholine rings is 1. The molecule has 2 fully saturated rings. The molecule has 0 radical (unpaired) electrons. The van der Waals surface area contributed by atoms with Crippen LogP contribution in [0.15, 0.2) is 41.8 Å². The molecule has 2 unspecified atom stereocenters. The molecule has 2 aliphatic rings. The molecule has 2 atom stereocenters. The van der Waals surface area contributed by atoms with E-state index in [4.69, 9.17) is 14.2 Å². The molecule has 1 aromatic carbocycles. The van der Waals surface area contributed by atoms with Crippen molar-refractivity contribution in [2.24, 2.45) is 0 Å². The molecule has 0 aliphatic carbocycles. The molecule has 8 heteroatoms. The number of ether oxygens (including phenoxy) is 3. The molecule has 166 valence electrons. The molecule has 3 heterocycles.